The van der Waals surface area contributed by atoms with Crippen molar-refractivity contribution in [2.45, 2.75) is 38.7 Å². The van der Waals surface area contributed by atoms with Crippen molar-refractivity contribution in [3.8, 4) is 0 Å². The van der Waals surface area contributed by atoms with Gasteiger partial charge in [-0.3, -0.25) is 14.6 Å². The maximum atomic E-state index is 12.6. The molecule has 1 aromatic heterocycles. The molecule has 1 aromatic carbocycles. The van der Waals surface area contributed by atoms with Gasteiger partial charge in [0.25, 0.3) is 5.91 Å². The summed E-state index contributed by atoms with van der Waals surface area (Å²) in [6.07, 6.45) is 4.81. The first-order valence-electron chi connectivity index (χ1n) is 9.11. The van der Waals surface area contributed by atoms with Crippen molar-refractivity contribution in [2.75, 3.05) is 0 Å². The molecule has 9 heteroatoms. The number of carbonyl (C=O) groups excluding carboxylic acids is 2. The Kier molecular flexibility index (Phi) is 8.10. The fourth-order valence-corrected chi connectivity index (χ4v) is 2.64. The van der Waals surface area contributed by atoms with Gasteiger partial charge in [-0.15, -0.1) is 0 Å². The van der Waals surface area contributed by atoms with E-state index in [0.717, 1.165) is 5.56 Å². The van der Waals surface area contributed by atoms with Crippen LogP contribution < -0.4 is 11.1 Å². The minimum Gasteiger partial charge on any atom is -0.507 e. The summed E-state index contributed by atoms with van der Waals surface area (Å²) in [6.45, 7) is 3.90. The topological polar surface area (TPSA) is 127 Å². The van der Waals surface area contributed by atoms with Crippen LogP contribution in [0.3, 0.4) is 0 Å². The number of benzene rings is 1. The zero-order valence-corrected chi connectivity index (χ0v) is 16.0. The molecule has 2 atom stereocenters. The fourth-order valence-electron chi connectivity index (χ4n) is 2.64. The van der Waals surface area contributed by atoms with Crippen molar-refractivity contribution in [1.82, 2.24) is 15.3 Å². The lowest BCUT2D eigenvalue weighted by molar-refractivity contribution is -0.138. The van der Waals surface area contributed by atoms with Crippen LogP contribution in [0.1, 0.15) is 36.3 Å². The van der Waals surface area contributed by atoms with Crippen molar-refractivity contribution in [3.05, 3.63) is 60.2 Å². The average molecular weight is 384 g/mol. The third-order valence-electron chi connectivity index (χ3n) is 4.02. The zero-order valence-electron chi connectivity index (χ0n) is 16.0. The number of aromatic nitrogens is 2. The molecule has 0 saturated heterocycles. The van der Waals surface area contributed by atoms with E-state index in [9.17, 15) is 14.6 Å². The molecule has 0 bridgehead atoms. The first-order chi connectivity index (χ1) is 13.4. The minimum atomic E-state index is -1.46. The quantitative estimate of drug-likeness (QED) is 0.545. The maximum absolute atomic E-state index is 12.6. The highest BCUT2D eigenvalue weighted by atomic mass is 16.6. The molecule has 0 saturated carbocycles. The van der Waals surface area contributed by atoms with Crippen LogP contribution in [0.5, 0.6) is 0 Å². The Bertz CT molecular complexity index is 761. The van der Waals surface area contributed by atoms with Gasteiger partial charge in [0.2, 0.25) is 0 Å². The third kappa shape index (κ3) is 6.75. The minimum absolute atomic E-state index is 0.0745. The first kappa shape index (κ1) is 21.5. The Labute approximate surface area is 164 Å². The highest BCUT2D eigenvalue weighted by Crippen LogP contribution is 2.09. The zero-order chi connectivity index (χ0) is 20.5. The second-order valence-corrected chi connectivity index (χ2v) is 6.93. The molecule has 1 heterocycles. The molecule has 8 nitrogen and oxygen atoms in total. The molecule has 148 valence electrons. The summed E-state index contributed by atoms with van der Waals surface area (Å²) in [4.78, 5) is 32.8. The van der Waals surface area contributed by atoms with Crippen LogP contribution in [0.4, 0.5) is 0 Å². The number of rotatable bonds is 9. The lowest BCUT2D eigenvalue weighted by Gasteiger charge is -2.21. The number of nitrogens with two attached hydrogens (primary N) is 1. The molecule has 0 unspecified atom stereocenters. The van der Waals surface area contributed by atoms with Crippen LogP contribution >= 0.6 is 0 Å². The molecule has 0 aliphatic heterocycles. The van der Waals surface area contributed by atoms with Crippen molar-refractivity contribution >= 4 is 19.0 Å². The average Bonchev–Trinajstić information content (AvgIpc) is 2.68. The summed E-state index contributed by atoms with van der Waals surface area (Å²) in [5, 5.41) is 12.7. The predicted molar refractivity (Wildman–Crippen MR) is 105 cm³/mol. The van der Waals surface area contributed by atoms with Crippen molar-refractivity contribution in [2.24, 2.45) is 11.7 Å². The first-order valence-corrected chi connectivity index (χ1v) is 9.11. The Hall–Kier alpha value is -2.78. The molecule has 2 aromatic rings. The standard InChI is InChI=1S/C19H25BN4O4/c1-13(2)10-17(21)20(27)28-19(26)15(11-14-6-4-3-5-7-14)24-18(25)16-12-22-8-9-23-16/h3-9,12-13,15,17,27H,10-11,21H2,1-2H3,(H,24,25)/t15-,17+/m1/s1. The molecule has 4 N–H and O–H groups in total. The van der Waals surface area contributed by atoms with E-state index in [1.807, 2.05) is 44.2 Å². The number of nitrogens with one attached hydrogen (secondary N) is 1. The Morgan fingerprint density at radius 2 is 1.96 bits per heavy atom. The molecule has 28 heavy (non-hydrogen) atoms. The highest BCUT2D eigenvalue weighted by molar-refractivity contribution is 6.47. The number of nitrogens with zero attached hydrogens (tertiary/aromatic N) is 2. The number of amides is 1. The third-order valence-corrected chi connectivity index (χ3v) is 4.02. The van der Waals surface area contributed by atoms with E-state index in [2.05, 4.69) is 15.3 Å². The monoisotopic (exact) mass is 384 g/mol. The van der Waals surface area contributed by atoms with Gasteiger partial charge in [0.15, 0.2) is 0 Å². The summed E-state index contributed by atoms with van der Waals surface area (Å²) < 4.78 is 5.13. The van der Waals surface area contributed by atoms with Gasteiger partial charge in [-0.05, 0) is 17.9 Å². The largest absolute Gasteiger partial charge is 0.542 e. The van der Waals surface area contributed by atoms with Crippen LogP contribution in [-0.2, 0) is 15.9 Å². The van der Waals surface area contributed by atoms with Gasteiger partial charge in [-0.2, -0.15) is 0 Å². The maximum Gasteiger partial charge on any atom is 0.542 e. The SMILES string of the molecule is CC(C)C[C@H](N)B(O)OC(=O)[C@@H](Cc1ccccc1)NC(=O)c1cnccn1. The summed E-state index contributed by atoms with van der Waals surface area (Å²) in [5.74, 6) is -1.81. The molecular weight excluding hydrogens is 359 g/mol. The van der Waals surface area contributed by atoms with E-state index in [1.165, 1.54) is 18.6 Å². The molecule has 2 rings (SSSR count). The molecule has 0 aliphatic rings. The molecule has 0 radical (unpaired) electrons. The smallest absolute Gasteiger partial charge is 0.507 e. The normalized spacial score (nSPS) is 12.9. The van der Waals surface area contributed by atoms with Gasteiger partial charge < -0.3 is 20.7 Å². The van der Waals surface area contributed by atoms with Gasteiger partial charge in [0.1, 0.15) is 11.7 Å². The van der Waals surface area contributed by atoms with Gasteiger partial charge in [-0.1, -0.05) is 44.2 Å². The summed E-state index contributed by atoms with van der Waals surface area (Å²) in [5.41, 5.74) is 6.78. The van der Waals surface area contributed by atoms with E-state index in [-0.39, 0.29) is 18.0 Å². The van der Waals surface area contributed by atoms with Crippen LogP contribution in [0.15, 0.2) is 48.9 Å². The molecular formula is C19H25BN4O4. The molecule has 0 fully saturated rings. The lowest BCUT2D eigenvalue weighted by atomic mass is 9.75. The van der Waals surface area contributed by atoms with E-state index in [4.69, 9.17) is 10.4 Å². The van der Waals surface area contributed by atoms with Crippen molar-refractivity contribution in [3.63, 3.8) is 0 Å². The molecule has 1 amide bonds. The van der Waals surface area contributed by atoms with E-state index >= 15 is 0 Å². The van der Waals surface area contributed by atoms with E-state index in [1.54, 1.807) is 0 Å². The summed E-state index contributed by atoms with van der Waals surface area (Å²) in [7, 11) is -1.46. The second kappa shape index (κ2) is 10.5. The van der Waals surface area contributed by atoms with Crippen molar-refractivity contribution in [1.29, 1.82) is 0 Å². The van der Waals surface area contributed by atoms with Gasteiger partial charge in [-0.25, -0.2) is 4.98 Å². The van der Waals surface area contributed by atoms with Crippen LogP contribution in [-0.4, -0.2) is 46.0 Å². The number of hydrogen-bond donors (Lipinski definition) is 3. The highest BCUT2D eigenvalue weighted by Gasteiger charge is 2.32. The van der Waals surface area contributed by atoms with Crippen LogP contribution in [0.25, 0.3) is 0 Å². The fraction of sp³-hybridized carbons (Fsp3) is 0.368. The number of hydrogen-bond acceptors (Lipinski definition) is 7. The van der Waals surface area contributed by atoms with E-state index < -0.39 is 31.0 Å². The van der Waals surface area contributed by atoms with Crippen LogP contribution in [0.2, 0.25) is 0 Å². The van der Waals surface area contributed by atoms with E-state index in [0.29, 0.717) is 6.42 Å². The number of carbonyl (C=O) groups is 2. The van der Waals surface area contributed by atoms with Crippen LogP contribution in [0, 0.1) is 5.92 Å². The molecule has 0 aliphatic carbocycles. The summed E-state index contributed by atoms with van der Waals surface area (Å²) in [6, 6.07) is 8.15. The molecule has 0 spiro atoms. The Balaban J connectivity index is 2.10. The second-order valence-electron chi connectivity index (χ2n) is 6.93. The van der Waals surface area contributed by atoms with Gasteiger partial charge in [0, 0.05) is 18.8 Å². The Morgan fingerprint density at radius 3 is 2.57 bits per heavy atom. The Morgan fingerprint density at radius 1 is 1.25 bits per heavy atom. The summed E-state index contributed by atoms with van der Waals surface area (Å²) >= 11 is 0. The lowest BCUT2D eigenvalue weighted by Crippen LogP contribution is -2.49. The van der Waals surface area contributed by atoms with Crippen molar-refractivity contribution < 1.29 is 19.3 Å². The predicted octanol–water partition coefficient (Wildman–Crippen LogP) is 0.754. The van der Waals surface area contributed by atoms with Gasteiger partial charge >= 0.3 is 13.1 Å². The van der Waals surface area contributed by atoms with Gasteiger partial charge in [0.05, 0.1) is 12.1 Å².